The first-order chi connectivity index (χ1) is 9.37. The number of rotatable bonds is 8. The van der Waals surface area contributed by atoms with Crippen molar-refractivity contribution in [1.29, 1.82) is 0 Å². The molecule has 0 bridgehead atoms. The predicted molar refractivity (Wildman–Crippen MR) is 69.0 cm³/mol. The summed E-state index contributed by atoms with van der Waals surface area (Å²) in [4.78, 5) is 20.5. The van der Waals surface area contributed by atoms with Gasteiger partial charge in [-0.2, -0.15) is 0 Å². The second-order valence-corrected chi connectivity index (χ2v) is 3.78. The molecule has 0 heterocycles. The maximum atomic E-state index is 10.3. The van der Waals surface area contributed by atoms with Crippen molar-refractivity contribution in [1.82, 2.24) is 0 Å². The van der Waals surface area contributed by atoms with Crippen LogP contribution in [0.15, 0.2) is 0 Å². The van der Waals surface area contributed by atoms with Gasteiger partial charge in [-0.3, -0.25) is 9.59 Å². The van der Waals surface area contributed by atoms with Crippen molar-refractivity contribution in [3.05, 3.63) is 0 Å². The van der Waals surface area contributed by atoms with Crippen LogP contribution in [0.4, 0.5) is 0 Å². The first-order valence-corrected chi connectivity index (χ1v) is 5.94. The molecule has 2 N–H and O–H groups in total. The van der Waals surface area contributed by atoms with Crippen LogP contribution in [-0.2, 0) is 28.5 Å². The van der Waals surface area contributed by atoms with Crippen molar-refractivity contribution in [3.63, 3.8) is 0 Å². The molecule has 0 aromatic heterocycles. The normalized spacial score (nSPS) is 12.7. The van der Waals surface area contributed by atoms with Gasteiger partial charge in [0, 0.05) is 28.1 Å². The molecule has 0 aliphatic rings. The van der Waals surface area contributed by atoms with Crippen LogP contribution in [0.2, 0.25) is 0 Å². The average Bonchev–Trinajstić information content (AvgIpc) is 2.36. The van der Waals surface area contributed by atoms with Crippen LogP contribution >= 0.6 is 0 Å². The molecule has 0 saturated heterocycles. The summed E-state index contributed by atoms with van der Waals surface area (Å²) < 4.78 is 18.4. The third kappa shape index (κ3) is 16.8. The number of aliphatic hydroxyl groups excluding tert-OH is 2. The van der Waals surface area contributed by atoms with Gasteiger partial charge in [-0.05, 0) is 0 Å². The van der Waals surface area contributed by atoms with Crippen molar-refractivity contribution in [2.24, 2.45) is 0 Å². The summed E-state index contributed by atoms with van der Waals surface area (Å²) in [5, 5.41) is 17.4. The number of carbonyl (C=O) groups excluding carboxylic acids is 2. The molecule has 0 fully saturated rings. The van der Waals surface area contributed by atoms with E-state index in [0.717, 1.165) is 0 Å². The smallest absolute Gasteiger partial charge is 0.303 e. The number of methoxy groups -OCH3 is 2. The highest BCUT2D eigenvalue weighted by Gasteiger charge is 2.08. The molecule has 20 heavy (non-hydrogen) atoms. The molecule has 0 aromatic carbocycles. The maximum absolute atomic E-state index is 10.3. The molecular weight excluding hydrogens is 272 g/mol. The standard InChI is InChI=1S/2C6H12O4/c1-5(7)10-4-6(8)3-9-2;1-5(8)10-6(3-7)4-9-2/h6,8H,3-4H2,1-2H3;6-7H,3-4H2,1-2H3. The molecule has 0 aliphatic carbocycles. The van der Waals surface area contributed by atoms with E-state index in [4.69, 9.17) is 10.2 Å². The summed E-state index contributed by atoms with van der Waals surface area (Å²) in [6, 6.07) is 0. The van der Waals surface area contributed by atoms with Crippen LogP contribution in [0.1, 0.15) is 13.8 Å². The molecule has 8 heteroatoms. The number of carbonyl (C=O) groups is 2. The van der Waals surface area contributed by atoms with Gasteiger partial charge in [0.05, 0.1) is 19.8 Å². The van der Waals surface area contributed by atoms with Gasteiger partial charge >= 0.3 is 11.9 Å². The number of esters is 2. The quantitative estimate of drug-likeness (QED) is 0.555. The lowest BCUT2D eigenvalue weighted by Gasteiger charge is -2.11. The Hall–Kier alpha value is -1.22. The fraction of sp³-hybridized carbons (Fsp3) is 0.833. The Kier molecular flexibility index (Phi) is 15.0. The fourth-order valence-corrected chi connectivity index (χ4v) is 0.999. The first kappa shape index (κ1) is 21.1. The van der Waals surface area contributed by atoms with Gasteiger partial charge in [-0.1, -0.05) is 0 Å². The Morgan fingerprint density at radius 2 is 1.55 bits per heavy atom. The molecule has 8 nitrogen and oxygen atoms in total. The van der Waals surface area contributed by atoms with Crippen LogP contribution in [-0.4, -0.2) is 75.0 Å². The topological polar surface area (TPSA) is 112 Å². The Morgan fingerprint density at radius 1 is 1.00 bits per heavy atom. The number of ether oxygens (including phenoxy) is 4. The molecule has 0 amide bonds. The van der Waals surface area contributed by atoms with E-state index in [1.807, 2.05) is 0 Å². The summed E-state index contributed by atoms with van der Waals surface area (Å²) in [5.74, 6) is -0.800. The Balaban J connectivity index is 0. The minimum Gasteiger partial charge on any atom is -0.463 e. The third-order valence-electron chi connectivity index (χ3n) is 1.73. The van der Waals surface area contributed by atoms with Crippen LogP contribution in [0, 0.1) is 0 Å². The van der Waals surface area contributed by atoms with Crippen molar-refractivity contribution < 1.29 is 38.7 Å². The second-order valence-electron chi connectivity index (χ2n) is 3.78. The minimum atomic E-state index is -0.714. The highest BCUT2D eigenvalue weighted by Crippen LogP contribution is 1.91. The fourth-order valence-electron chi connectivity index (χ4n) is 0.999. The van der Waals surface area contributed by atoms with Gasteiger partial charge < -0.3 is 29.2 Å². The summed E-state index contributed by atoms with van der Waals surface area (Å²) in [7, 11) is 2.95. The van der Waals surface area contributed by atoms with E-state index in [0.29, 0.717) is 0 Å². The van der Waals surface area contributed by atoms with Gasteiger partial charge in [-0.25, -0.2) is 0 Å². The number of hydrogen-bond donors (Lipinski definition) is 2. The molecule has 0 radical (unpaired) electrons. The largest absolute Gasteiger partial charge is 0.463 e. The average molecular weight is 296 g/mol. The Morgan fingerprint density at radius 3 is 1.90 bits per heavy atom. The first-order valence-electron chi connectivity index (χ1n) is 5.94. The van der Waals surface area contributed by atoms with E-state index in [2.05, 4.69) is 18.9 Å². The van der Waals surface area contributed by atoms with Gasteiger partial charge in [0.1, 0.15) is 18.8 Å². The molecule has 2 atom stereocenters. The molecule has 0 aromatic rings. The Bertz CT molecular complexity index is 256. The second kappa shape index (κ2) is 14.2. The highest BCUT2D eigenvalue weighted by atomic mass is 16.6. The van der Waals surface area contributed by atoms with Crippen molar-refractivity contribution in [3.8, 4) is 0 Å². The number of aliphatic hydroxyl groups is 2. The van der Waals surface area contributed by atoms with Gasteiger partial charge in [-0.15, -0.1) is 0 Å². The third-order valence-corrected chi connectivity index (χ3v) is 1.73. The van der Waals surface area contributed by atoms with Crippen molar-refractivity contribution >= 4 is 11.9 Å². The lowest BCUT2D eigenvalue weighted by molar-refractivity contribution is -0.151. The van der Waals surface area contributed by atoms with E-state index in [1.165, 1.54) is 28.1 Å². The van der Waals surface area contributed by atoms with Crippen LogP contribution in [0.5, 0.6) is 0 Å². The van der Waals surface area contributed by atoms with Gasteiger partial charge in [0.2, 0.25) is 0 Å². The molecule has 0 aliphatic heterocycles. The zero-order chi connectivity index (χ0) is 16.0. The highest BCUT2D eigenvalue weighted by molar-refractivity contribution is 5.66. The SMILES string of the molecule is COCC(CO)OC(C)=O.COCC(O)COC(C)=O. The summed E-state index contributed by atoms with van der Waals surface area (Å²) >= 11 is 0. The monoisotopic (exact) mass is 296 g/mol. The molecule has 0 saturated carbocycles. The predicted octanol–water partition coefficient (Wildman–Crippen LogP) is -0.886. The number of hydrogen-bond acceptors (Lipinski definition) is 8. The van der Waals surface area contributed by atoms with Crippen molar-refractivity contribution in [2.45, 2.75) is 26.1 Å². The summed E-state index contributed by atoms with van der Waals surface area (Å²) in [5.41, 5.74) is 0. The van der Waals surface area contributed by atoms with E-state index < -0.39 is 24.1 Å². The van der Waals surface area contributed by atoms with Crippen LogP contribution in [0.25, 0.3) is 0 Å². The lowest BCUT2D eigenvalue weighted by Crippen LogP contribution is -2.25. The van der Waals surface area contributed by atoms with E-state index in [9.17, 15) is 9.59 Å². The van der Waals surface area contributed by atoms with Crippen molar-refractivity contribution in [2.75, 3.05) is 40.6 Å². The Labute approximate surface area is 118 Å². The van der Waals surface area contributed by atoms with Gasteiger partial charge in [0.15, 0.2) is 0 Å². The molecule has 120 valence electrons. The zero-order valence-electron chi connectivity index (χ0n) is 12.3. The van der Waals surface area contributed by atoms with E-state index in [1.54, 1.807) is 0 Å². The minimum absolute atomic E-state index is 0.00315. The summed E-state index contributed by atoms with van der Waals surface area (Å²) in [6.07, 6.45) is -1.24. The maximum Gasteiger partial charge on any atom is 0.303 e. The van der Waals surface area contributed by atoms with E-state index >= 15 is 0 Å². The molecule has 0 spiro atoms. The molecule has 0 rings (SSSR count). The lowest BCUT2D eigenvalue weighted by atomic mass is 10.4. The van der Waals surface area contributed by atoms with Crippen LogP contribution < -0.4 is 0 Å². The zero-order valence-corrected chi connectivity index (χ0v) is 12.3. The van der Waals surface area contributed by atoms with Gasteiger partial charge in [0.25, 0.3) is 0 Å². The van der Waals surface area contributed by atoms with E-state index in [-0.39, 0.29) is 26.4 Å². The molecule has 2 unspecified atom stereocenters. The summed E-state index contributed by atoms with van der Waals surface area (Å²) in [6.45, 7) is 2.80. The molecular formula is C12H24O8. The van der Waals surface area contributed by atoms with Crippen LogP contribution in [0.3, 0.4) is 0 Å².